The lowest BCUT2D eigenvalue weighted by Gasteiger charge is -2.57. The van der Waals surface area contributed by atoms with Crippen molar-refractivity contribution in [1.29, 1.82) is 0 Å². The van der Waals surface area contributed by atoms with Crippen LogP contribution in [0.5, 0.6) is 0 Å². The maximum atomic E-state index is 2.96. The van der Waals surface area contributed by atoms with Crippen LogP contribution in [0.25, 0.3) is 0 Å². The number of hydrogen-bond donors (Lipinski definition) is 0. The largest absolute Gasteiger partial charge is 0.300 e. The van der Waals surface area contributed by atoms with Crippen LogP contribution in [0.15, 0.2) is 0 Å². The zero-order valence-corrected chi connectivity index (χ0v) is 23.5. The van der Waals surface area contributed by atoms with E-state index in [0.29, 0.717) is 16.4 Å². The molecule has 0 amide bonds. The van der Waals surface area contributed by atoms with Gasteiger partial charge in [-0.05, 0) is 145 Å². The third kappa shape index (κ3) is 4.32. The van der Waals surface area contributed by atoms with E-state index in [4.69, 9.17) is 0 Å². The Balaban J connectivity index is 0.931. The van der Waals surface area contributed by atoms with E-state index < -0.39 is 0 Å². The summed E-state index contributed by atoms with van der Waals surface area (Å²) in [4.78, 5) is 8.63. The van der Waals surface area contributed by atoms with E-state index in [-0.39, 0.29) is 0 Å². The Labute approximate surface area is 211 Å². The van der Waals surface area contributed by atoms with E-state index in [1.54, 1.807) is 0 Å². The topological polar surface area (TPSA) is 9.72 Å². The molecule has 2 spiro atoms. The summed E-state index contributed by atoms with van der Waals surface area (Å²) < 4.78 is 0. The zero-order chi connectivity index (χ0) is 23.9. The van der Waals surface area contributed by atoms with Gasteiger partial charge in [0.1, 0.15) is 0 Å². The number of fused-ring (bicyclic) bond motifs is 1. The highest BCUT2D eigenvalue weighted by molar-refractivity contribution is 5.07. The average molecular weight is 470 g/mol. The summed E-state index contributed by atoms with van der Waals surface area (Å²) in [7, 11) is 0. The summed E-state index contributed by atoms with van der Waals surface area (Å²) in [6.45, 7) is 22.9. The summed E-state index contributed by atoms with van der Waals surface area (Å²) in [5, 5.41) is 0. The van der Waals surface area contributed by atoms with Gasteiger partial charge in [-0.2, -0.15) is 0 Å². The summed E-state index contributed by atoms with van der Waals surface area (Å²) in [6, 6.07) is 1.84. The molecule has 3 saturated heterocycles. The van der Waals surface area contributed by atoms with E-state index in [2.05, 4.69) is 56.2 Å². The van der Waals surface area contributed by atoms with Crippen molar-refractivity contribution >= 4 is 0 Å². The number of likely N-dealkylation sites (tertiary alicyclic amines) is 3. The summed E-state index contributed by atoms with van der Waals surface area (Å²) in [5.74, 6) is 3.00. The van der Waals surface area contributed by atoms with Gasteiger partial charge in [0.25, 0.3) is 0 Å². The van der Waals surface area contributed by atoms with Crippen molar-refractivity contribution in [3.05, 3.63) is 0 Å². The lowest BCUT2D eigenvalue weighted by atomic mass is 9.51. The van der Waals surface area contributed by atoms with Gasteiger partial charge in [-0.3, -0.25) is 9.80 Å². The molecule has 3 heteroatoms. The number of piperidine rings is 2. The Hall–Kier alpha value is -0.120. The van der Waals surface area contributed by atoms with Crippen LogP contribution in [-0.2, 0) is 0 Å². The number of rotatable bonds is 2. The highest BCUT2D eigenvalue weighted by Crippen LogP contribution is 2.59. The molecule has 3 aliphatic carbocycles. The van der Waals surface area contributed by atoms with E-state index in [0.717, 1.165) is 35.3 Å². The molecule has 6 aliphatic rings. The van der Waals surface area contributed by atoms with Crippen LogP contribution >= 0.6 is 0 Å². The fraction of sp³-hybridized carbons (Fsp3) is 1.00. The van der Waals surface area contributed by atoms with E-state index in [1.165, 1.54) is 103 Å². The molecule has 0 aromatic carbocycles. The van der Waals surface area contributed by atoms with Crippen molar-refractivity contribution in [3.8, 4) is 0 Å². The highest BCUT2D eigenvalue weighted by Gasteiger charge is 2.53. The molecule has 3 nitrogen and oxygen atoms in total. The zero-order valence-electron chi connectivity index (χ0n) is 23.5. The SMILES string of the molecule is CC(C)(C)C1CC2(CCN(C3CC4CN(C5CC6(CCN(C(C)(C)C)CC6)C5)CC4C3)CC2)C1. The molecular weight excluding hydrogens is 414 g/mol. The number of nitrogens with zero attached hydrogens (tertiary/aromatic N) is 3. The minimum absolute atomic E-state index is 0.357. The molecule has 3 aliphatic heterocycles. The van der Waals surface area contributed by atoms with Gasteiger partial charge < -0.3 is 4.90 Å². The fourth-order valence-electron chi connectivity index (χ4n) is 9.53. The minimum Gasteiger partial charge on any atom is -0.300 e. The second-order valence-electron chi connectivity index (χ2n) is 16.3. The van der Waals surface area contributed by atoms with Gasteiger partial charge in [-0.25, -0.2) is 0 Å². The quantitative estimate of drug-likeness (QED) is 0.471. The van der Waals surface area contributed by atoms with Crippen LogP contribution in [-0.4, -0.2) is 71.6 Å². The van der Waals surface area contributed by atoms with Crippen molar-refractivity contribution in [2.45, 2.75) is 123 Å². The van der Waals surface area contributed by atoms with E-state index >= 15 is 0 Å². The second kappa shape index (κ2) is 8.19. The second-order valence-corrected chi connectivity index (χ2v) is 16.3. The predicted octanol–water partition coefficient (Wildman–Crippen LogP) is 6.28. The van der Waals surface area contributed by atoms with Gasteiger partial charge in [-0.15, -0.1) is 0 Å². The first kappa shape index (κ1) is 24.2. The van der Waals surface area contributed by atoms with Crippen molar-refractivity contribution in [2.24, 2.45) is 34.0 Å². The van der Waals surface area contributed by atoms with Crippen molar-refractivity contribution < 1.29 is 0 Å². The first-order valence-electron chi connectivity index (χ1n) is 15.2. The standard InChI is InChI=1S/C31H55N3/c1-28(2,3)25-17-30(18-25)7-11-32(12-8-30)26-15-23-21-33(22-24(23)16-26)27-19-31(20-27)9-13-34(14-10-31)29(4,5)6/h23-27H,7-22H2,1-6H3. The molecule has 0 radical (unpaired) electrons. The van der Waals surface area contributed by atoms with Crippen molar-refractivity contribution in [3.63, 3.8) is 0 Å². The van der Waals surface area contributed by atoms with Crippen LogP contribution in [0.1, 0.15) is 106 Å². The summed E-state index contributed by atoms with van der Waals surface area (Å²) in [5.41, 5.74) is 2.34. The first-order chi connectivity index (χ1) is 15.9. The van der Waals surface area contributed by atoms with Gasteiger partial charge in [-0.1, -0.05) is 20.8 Å². The Morgan fingerprint density at radius 3 is 1.59 bits per heavy atom. The molecule has 0 N–H and O–H groups in total. The van der Waals surface area contributed by atoms with E-state index in [9.17, 15) is 0 Å². The lowest BCUT2D eigenvalue weighted by molar-refractivity contribution is -0.0647. The minimum atomic E-state index is 0.357. The molecule has 3 saturated carbocycles. The molecule has 2 unspecified atom stereocenters. The Morgan fingerprint density at radius 2 is 1.09 bits per heavy atom. The lowest BCUT2D eigenvalue weighted by Crippen LogP contribution is -2.57. The van der Waals surface area contributed by atoms with Gasteiger partial charge in [0, 0.05) is 30.7 Å². The molecule has 194 valence electrons. The van der Waals surface area contributed by atoms with Crippen LogP contribution < -0.4 is 0 Å². The van der Waals surface area contributed by atoms with Crippen LogP contribution in [0.3, 0.4) is 0 Å². The molecule has 0 bridgehead atoms. The molecule has 6 fully saturated rings. The highest BCUT2D eigenvalue weighted by atomic mass is 15.2. The van der Waals surface area contributed by atoms with Crippen LogP contribution in [0.2, 0.25) is 0 Å². The third-order valence-corrected chi connectivity index (χ3v) is 12.3. The molecular formula is C31H55N3. The molecule has 0 aromatic rings. The summed E-state index contributed by atoms with van der Waals surface area (Å²) in [6.07, 6.45) is 15.0. The number of hydrogen-bond acceptors (Lipinski definition) is 3. The van der Waals surface area contributed by atoms with Crippen molar-refractivity contribution in [1.82, 2.24) is 14.7 Å². The monoisotopic (exact) mass is 469 g/mol. The molecule has 3 heterocycles. The van der Waals surface area contributed by atoms with Crippen molar-refractivity contribution in [2.75, 3.05) is 39.3 Å². The average Bonchev–Trinajstić information content (AvgIpc) is 3.28. The fourth-order valence-corrected chi connectivity index (χ4v) is 9.53. The predicted molar refractivity (Wildman–Crippen MR) is 143 cm³/mol. The maximum absolute atomic E-state index is 2.96. The Morgan fingerprint density at radius 1 is 0.588 bits per heavy atom. The van der Waals surface area contributed by atoms with Gasteiger partial charge >= 0.3 is 0 Å². The van der Waals surface area contributed by atoms with E-state index in [1.807, 2.05) is 0 Å². The Kier molecular flexibility index (Phi) is 5.84. The third-order valence-electron chi connectivity index (χ3n) is 12.3. The van der Waals surface area contributed by atoms with Crippen LogP contribution in [0, 0.1) is 34.0 Å². The first-order valence-corrected chi connectivity index (χ1v) is 15.2. The smallest absolute Gasteiger partial charge is 0.0125 e. The van der Waals surface area contributed by atoms with Gasteiger partial charge in [0.05, 0.1) is 0 Å². The molecule has 2 atom stereocenters. The van der Waals surface area contributed by atoms with Crippen LogP contribution in [0.4, 0.5) is 0 Å². The molecule has 34 heavy (non-hydrogen) atoms. The Bertz CT molecular complexity index is 714. The molecule has 6 rings (SSSR count). The maximum Gasteiger partial charge on any atom is 0.0125 e. The van der Waals surface area contributed by atoms with Gasteiger partial charge in [0.2, 0.25) is 0 Å². The summed E-state index contributed by atoms with van der Waals surface area (Å²) >= 11 is 0. The van der Waals surface area contributed by atoms with Gasteiger partial charge in [0.15, 0.2) is 0 Å². The molecule has 0 aromatic heterocycles. The normalized spacial score (nSPS) is 39.4.